The predicted molar refractivity (Wildman–Crippen MR) is 97.6 cm³/mol. The van der Waals surface area contributed by atoms with Crippen LogP contribution >= 0.6 is 0 Å². The number of aromatic nitrogens is 4. The quantitative estimate of drug-likeness (QED) is 0.694. The number of imidazole rings is 1. The first-order valence-electron chi connectivity index (χ1n) is 8.51. The van der Waals surface area contributed by atoms with E-state index in [1.165, 1.54) is 5.56 Å². The summed E-state index contributed by atoms with van der Waals surface area (Å²) in [4.78, 5) is 9.70. The first-order chi connectivity index (χ1) is 12.0. The molecular weight excluding hydrogens is 314 g/mol. The topological polar surface area (TPSA) is 70.0 Å². The van der Waals surface area contributed by atoms with Gasteiger partial charge in [-0.05, 0) is 44.5 Å². The number of aromatic amines is 1. The lowest BCUT2D eigenvalue weighted by molar-refractivity contribution is 0.183. The highest BCUT2D eigenvalue weighted by atomic mass is 16.3. The molecule has 2 heterocycles. The molecule has 1 aromatic carbocycles. The number of aliphatic hydroxyl groups is 1. The SMILES string of the molecule is Cc1cc(C)n(-c2cccc(CN(CCO)Cc3cnc(C)[nH]3)c2)n1. The van der Waals surface area contributed by atoms with E-state index in [-0.39, 0.29) is 6.61 Å². The summed E-state index contributed by atoms with van der Waals surface area (Å²) >= 11 is 0. The third kappa shape index (κ3) is 4.35. The van der Waals surface area contributed by atoms with Crippen LogP contribution in [-0.4, -0.2) is 42.9 Å². The van der Waals surface area contributed by atoms with Gasteiger partial charge in [0.1, 0.15) is 5.82 Å². The van der Waals surface area contributed by atoms with Gasteiger partial charge in [-0.1, -0.05) is 12.1 Å². The molecule has 6 nitrogen and oxygen atoms in total. The van der Waals surface area contributed by atoms with E-state index in [9.17, 15) is 5.11 Å². The average Bonchev–Trinajstić information content (AvgIpc) is 3.12. The van der Waals surface area contributed by atoms with Crippen molar-refractivity contribution in [1.82, 2.24) is 24.6 Å². The van der Waals surface area contributed by atoms with E-state index in [4.69, 9.17) is 0 Å². The number of benzene rings is 1. The number of H-pyrrole nitrogens is 1. The molecule has 0 aliphatic heterocycles. The number of hydrogen-bond acceptors (Lipinski definition) is 4. The van der Waals surface area contributed by atoms with Crippen molar-refractivity contribution in [3.63, 3.8) is 0 Å². The van der Waals surface area contributed by atoms with Gasteiger partial charge in [0, 0.05) is 37.2 Å². The Bertz CT molecular complexity index is 836. The van der Waals surface area contributed by atoms with Gasteiger partial charge in [-0.25, -0.2) is 9.67 Å². The normalized spacial score (nSPS) is 11.4. The number of hydrogen-bond donors (Lipinski definition) is 2. The van der Waals surface area contributed by atoms with Gasteiger partial charge in [-0.2, -0.15) is 5.10 Å². The maximum absolute atomic E-state index is 9.39. The summed E-state index contributed by atoms with van der Waals surface area (Å²) in [6.07, 6.45) is 1.85. The average molecular weight is 339 g/mol. The summed E-state index contributed by atoms with van der Waals surface area (Å²) in [6, 6.07) is 10.5. The standard InChI is InChI=1S/C19H25N5O/c1-14-9-15(2)24(22-14)19-6-4-5-17(10-19)12-23(7-8-25)13-18-11-20-16(3)21-18/h4-6,9-11,25H,7-8,12-13H2,1-3H3,(H,20,21). The van der Waals surface area contributed by atoms with Gasteiger partial charge in [0.15, 0.2) is 0 Å². The van der Waals surface area contributed by atoms with Crippen molar-refractivity contribution in [2.24, 2.45) is 0 Å². The van der Waals surface area contributed by atoms with Crippen molar-refractivity contribution in [2.75, 3.05) is 13.2 Å². The summed E-state index contributed by atoms with van der Waals surface area (Å²) < 4.78 is 1.97. The van der Waals surface area contributed by atoms with Gasteiger partial charge in [0.2, 0.25) is 0 Å². The Morgan fingerprint density at radius 2 is 2.00 bits per heavy atom. The third-order valence-electron chi connectivity index (χ3n) is 4.14. The summed E-state index contributed by atoms with van der Waals surface area (Å²) in [6.45, 7) is 8.23. The van der Waals surface area contributed by atoms with Crippen molar-refractivity contribution in [2.45, 2.75) is 33.9 Å². The van der Waals surface area contributed by atoms with Crippen molar-refractivity contribution in [3.05, 3.63) is 65.0 Å². The van der Waals surface area contributed by atoms with Crippen LogP contribution < -0.4 is 0 Å². The van der Waals surface area contributed by atoms with Crippen molar-refractivity contribution < 1.29 is 5.11 Å². The van der Waals surface area contributed by atoms with Crippen LogP contribution in [0.4, 0.5) is 0 Å². The summed E-state index contributed by atoms with van der Waals surface area (Å²) in [5.74, 6) is 0.908. The predicted octanol–water partition coefficient (Wildman–Crippen LogP) is 2.52. The fourth-order valence-corrected chi connectivity index (χ4v) is 3.08. The van der Waals surface area contributed by atoms with E-state index < -0.39 is 0 Å². The molecule has 0 unspecified atom stereocenters. The molecule has 3 aromatic rings. The van der Waals surface area contributed by atoms with Crippen molar-refractivity contribution in [1.29, 1.82) is 0 Å². The van der Waals surface area contributed by atoms with Gasteiger partial charge in [-0.15, -0.1) is 0 Å². The minimum Gasteiger partial charge on any atom is -0.395 e. The molecule has 0 radical (unpaired) electrons. The maximum atomic E-state index is 9.39. The number of nitrogens with zero attached hydrogens (tertiary/aromatic N) is 4. The molecule has 2 N–H and O–H groups in total. The molecule has 0 aliphatic carbocycles. The molecule has 0 saturated heterocycles. The fourth-order valence-electron chi connectivity index (χ4n) is 3.08. The van der Waals surface area contributed by atoms with E-state index in [1.807, 2.05) is 24.7 Å². The highest BCUT2D eigenvalue weighted by molar-refractivity contribution is 5.37. The molecule has 0 amide bonds. The van der Waals surface area contributed by atoms with Gasteiger partial charge >= 0.3 is 0 Å². The lowest BCUT2D eigenvalue weighted by atomic mass is 10.2. The number of aryl methyl sites for hydroxylation is 3. The van der Waals surface area contributed by atoms with Crippen LogP contribution in [0.1, 0.15) is 28.5 Å². The highest BCUT2D eigenvalue weighted by Crippen LogP contribution is 2.16. The van der Waals surface area contributed by atoms with E-state index in [0.29, 0.717) is 6.54 Å². The summed E-state index contributed by atoms with van der Waals surface area (Å²) in [7, 11) is 0. The van der Waals surface area contributed by atoms with Crippen molar-refractivity contribution >= 4 is 0 Å². The van der Waals surface area contributed by atoms with E-state index >= 15 is 0 Å². The molecule has 0 spiro atoms. The van der Waals surface area contributed by atoms with Crippen LogP contribution in [0, 0.1) is 20.8 Å². The molecular formula is C19H25N5O. The number of nitrogens with one attached hydrogen (secondary N) is 1. The fraction of sp³-hybridized carbons (Fsp3) is 0.368. The Kier molecular flexibility index (Phi) is 5.31. The van der Waals surface area contributed by atoms with Crippen LogP contribution in [0.2, 0.25) is 0 Å². The molecule has 0 aliphatic rings. The van der Waals surface area contributed by atoms with Gasteiger partial charge in [0.05, 0.1) is 18.0 Å². The highest BCUT2D eigenvalue weighted by Gasteiger charge is 2.10. The monoisotopic (exact) mass is 339 g/mol. The first-order valence-corrected chi connectivity index (χ1v) is 8.51. The van der Waals surface area contributed by atoms with E-state index in [2.05, 4.69) is 57.2 Å². The smallest absolute Gasteiger partial charge is 0.103 e. The number of aliphatic hydroxyl groups excluding tert-OH is 1. The Morgan fingerprint density at radius 1 is 1.16 bits per heavy atom. The lowest BCUT2D eigenvalue weighted by Gasteiger charge is -2.21. The first kappa shape index (κ1) is 17.4. The molecule has 2 aromatic heterocycles. The molecule has 25 heavy (non-hydrogen) atoms. The zero-order valence-corrected chi connectivity index (χ0v) is 15.0. The molecule has 6 heteroatoms. The second kappa shape index (κ2) is 7.63. The van der Waals surface area contributed by atoms with Crippen LogP contribution in [-0.2, 0) is 13.1 Å². The second-order valence-corrected chi connectivity index (χ2v) is 6.44. The molecule has 0 bridgehead atoms. The molecule has 132 valence electrons. The van der Waals surface area contributed by atoms with Crippen LogP contribution in [0.25, 0.3) is 5.69 Å². The largest absolute Gasteiger partial charge is 0.395 e. The minimum absolute atomic E-state index is 0.129. The zero-order valence-electron chi connectivity index (χ0n) is 15.0. The number of rotatable bonds is 7. The van der Waals surface area contributed by atoms with Crippen molar-refractivity contribution in [3.8, 4) is 5.69 Å². The maximum Gasteiger partial charge on any atom is 0.103 e. The van der Waals surface area contributed by atoms with Gasteiger partial charge in [0.25, 0.3) is 0 Å². The molecule has 3 rings (SSSR count). The summed E-state index contributed by atoms with van der Waals surface area (Å²) in [5.41, 5.74) is 5.44. The van der Waals surface area contributed by atoms with Crippen LogP contribution in [0.3, 0.4) is 0 Å². The van der Waals surface area contributed by atoms with Crippen LogP contribution in [0.5, 0.6) is 0 Å². The Balaban J connectivity index is 1.78. The Labute approximate surface area is 148 Å². The van der Waals surface area contributed by atoms with Gasteiger partial charge in [-0.3, -0.25) is 4.90 Å². The lowest BCUT2D eigenvalue weighted by Crippen LogP contribution is -2.26. The molecule has 0 saturated carbocycles. The zero-order chi connectivity index (χ0) is 17.8. The Morgan fingerprint density at radius 3 is 2.64 bits per heavy atom. The summed E-state index contributed by atoms with van der Waals surface area (Å²) in [5, 5.41) is 13.9. The third-order valence-corrected chi connectivity index (χ3v) is 4.14. The molecule has 0 fully saturated rings. The Hall–Kier alpha value is -2.44. The van der Waals surface area contributed by atoms with E-state index in [0.717, 1.165) is 41.7 Å². The molecule has 0 atom stereocenters. The second-order valence-electron chi connectivity index (χ2n) is 6.44. The van der Waals surface area contributed by atoms with Crippen LogP contribution in [0.15, 0.2) is 36.5 Å². The minimum atomic E-state index is 0.129. The van der Waals surface area contributed by atoms with Gasteiger partial charge < -0.3 is 10.1 Å². The van der Waals surface area contributed by atoms with E-state index in [1.54, 1.807) is 0 Å².